The van der Waals surface area contributed by atoms with E-state index in [0.717, 1.165) is 33.4 Å². The normalized spacial score (nSPS) is 13.4. The maximum atomic E-state index is 18.0. The van der Waals surface area contributed by atoms with Gasteiger partial charge >= 0.3 is 0 Å². The van der Waals surface area contributed by atoms with E-state index in [2.05, 4.69) is 0 Å². The monoisotopic (exact) mass is 942 g/mol. The Morgan fingerprint density at radius 3 is 1.08 bits per heavy atom. The third kappa shape index (κ3) is 7.73. The van der Waals surface area contributed by atoms with E-state index in [1.54, 1.807) is 24.3 Å². The number of rotatable bonds is 10. The van der Waals surface area contributed by atoms with E-state index in [-0.39, 0.29) is 34.1 Å². The minimum absolute atomic E-state index is 0.0705. The number of aryl methyl sites for hydroxylation is 4. The molecule has 0 aliphatic carbocycles. The van der Waals surface area contributed by atoms with Gasteiger partial charge < -0.3 is 9.80 Å². The van der Waals surface area contributed by atoms with Crippen LogP contribution in [0.25, 0.3) is 76.8 Å². The summed E-state index contributed by atoms with van der Waals surface area (Å²) < 4.78 is 128. The summed E-state index contributed by atoms with van der Waals surface area (Å²) in [6.45, 7) is 7.77. The highest BCUT2D eigenvalue weighted by Crippen LogP contribution is 2.53. The van der Waals surface area contributed by atoms with E-state index in [1.807, 2.05) is 161 Å². The van der Waals surface area contributed by atoms with Crippen LogP contribution < -0.4 is 9.80 Å². The molecule has 346 valence electrons. The molecule has 0 saturated heterocycles. The number of hydrogen-bond donors (Lipinski definition) is 0. The first kappa shape index (κ1) is 34.4. The quantitative estimate of drug-likeness (QED) is 0.126. The molecule has 2 nitrogen and oxygen atoms in total. The van der Waals surface area contributed by atoms with Crippen molar-refractivity contribution < 1.29 is 22.5 Å². The lowest BCUT2D eigenvalue weighted by Gasteiger charge is -2.32. The predicted octanol–water partition coefficient (Wildman–Crippen LogP) is 19.7. The lowest BCUT2D eigenvalue weighted by atomic mass is 9.89. The average molecular weight is 943 g/mol. The van der Waals surface area contributed by atoms with Crippen LogP contribution in [0.3, 0.4) is 0 Å². The highest BCUT2D eigenvalue weighted by molar-refractivity contribution is 6.28. The maximum Gasteiger partial charge on any atom is 0.147 e. The molecule has 0 fully saturated rings. The van der Waals surface area contributed by atoms with Gasteiger partial charge in [0.05, 0.1) is 36.5 Å². The molecule has 0 aliphatic heterocycles. The van der Waals surface area contributed by atoms with Crippen molar-refractivity contribution in [3.63, 3.8) is 0 Å². The fourth-order valence-electron chi connectivity index (χ4n) is 10.4. The largest absolute Gasteiger partial charge is 0.307 e. The second kappa shape index (κ2) is 18.1. The van der Waals surface area contributed by atoms with Crippen LogP contribution in [-0.2, 0) is 0 Å². The summed E-state index contributed by atoms with van der Waals surface area (Å²) in [5.74, 6) is -1.47. The summed E-state index contributed by atoms with van der Waals surface area (Å²) >= 11 is 0. The SMILES string of the molecule is [2H]c1c([2H])c([2H])c(N(c2c(F)ccc(-c3cccc(C)c3)c2-c2cccc(C)c2)c2ccc3ccc4c(N(c5c([2H])c([2H])c([2H])c([2H])c5[2H])c5c(F)ccc(-c6cccc(C)c6)c5-c5cccc(C)c5)ccc5ccc2c3c54)c([2H])c1[2H]. The van der Waals surface area contributed by atoms with E-state index in [1.165, 1.54) is 21.9 Å². The van der Waals surface area contributed by atoms with E-state index in [9.17, 15) is 5.48 Å². The first-order valence-electron chi connectivity index (χ1n) is 28.7. The first-order chi connectivity index (χ1) is 39.3. The fourth-order valence-corrected chi connectivity index (χ4v) is 10.4. The Hall–Kier alpha value is -8.86. The van der Waals surface area contributed by atoms with Crippen molar-refractivity contribution in [1.82, 2.24) is 0 Å². The zero-order valence-electron chi connectivity index (χ0n) is 49.8. The Balaban J connectivity index is 1.22. The smallest absolute Gasteiger partial charge is 0.147 e. The van der Waals surface area contributed by atoms with E-state index >= 15 is 8.78 Å². The molecule has 0 atom stereocenters. The Kier molecular flexibility index (Phi) is 8.68. The molecule has 0 aliphatic rings. The van der Waals surface area contributed by atoms with Crippen molar-refractivity contribution in [2.24, 2.45) is 0 Å². The molecule has 4 heteroatoms. The van der Waals surface area contributed by atoms with Crippen molar-refractivity contribution in [2.75, 3.05) is 9.80 Å². The van der Waals surface area contributed by atoms with Crippen LogP contribution in [0.1, 0.15) is 36.0 Å². The second-order valence-electron chi connectivity index (χ2n) is 18.3. The number of nitrogens with zero attached hydrogens (tertiary/aromatic N) is 2. The zero-order valence-corrected chi connectivity index (χ0v) is 39.8. The maximum absolute atomic E-state index is 18.0. The number of anilines is 6. The van der Waals surface area contributed by atoms with Gasteiger partial charge in [-0.25, -0.2) is 8.78 Å². The molecule has 0 aromatic heterocycles. The molecule has 0 spiro atoms. The van der Waals surface area contributed by atoms with Gasteiger partial charge in [0, 0.05) is 33.3 Å². The minimum atomic E-state index is -0.735. The summed E-state index contributed by atoms with van der Waals surface area (Å²) in [6, 6.07) is 45.4. The summed E-state index contributed by atoms with van der Waals surface area (Å²) in [6.07, 6.45) is 0. The van der Waals surface area contributed by atoms with Gasteiger partial charge in [0.25, 0.3) is 0 Å². The van der Waals surface area contributed by atoms with Gasteiger partial charge in [-0.2, -0.15) is 0 Å². The lowest BCUT2D eigenvalue weighted by molar-refractivity contribution is 0.629. The van der Waals surface area contributed by atoms with Gasteiger partial charge in [0.1, 0.15) is 11.6 Å². The molecule has 12 aromatic rings. The molecular weight excluding hydrogens is 883 g/mol. The Morgan fingerprint density at radius 2 is 0.708 bits per heavy atom. The van der Waals surface area contributed by atoms with Crippen LogP contribution >= 0.6 is 0 Å². The van der Waals surface area contributed by atoms with Gasteiger partial charge in [-0.05, 0) is 131 Å². The summed E-state index contributed by atoms with van der Waals surface area (Å²) in [5, 5.41) is 3.58. The molecule has 12 aromatic carbocycles. The van der Waals surface area contributed by atoms with Gasteiger partial charge in [-0.3, -0.25) is 0 Å². The summed E-state index contributed by atoms with van der Waals surface area (Å²) in [5.41, 5.74) is 8.26. The predicted molar refractivity (Wildman–Crippen MR) is 300 cm³/mol. The van der Waals surface area contributed by atoms with Crippen LogP contribution in [0.15, 0.2) is 230 Å². The standard InChI is InChI=1S/C68H50F2N2/c1-43-15-11-19-49(39-43)55-33-35-59(69)67(65(55)51-21-13-17-45(3)41-51)71(53-23-7-5-8-24-53)61-37-29-47-28-32-58-62(38-30-48-27-31-57(61)63(47)64(48)58)72(54-25-9-6-10-26-54)68-60(70)36-34-56(50-20-12-16-44(2)40-50)66(68)52-22-14-18-46(4)42-52/h5-42H,1-4H3/i5D,6D,7D,8D,9D,10D,23D,24D,25D,26D. The Labute approximate surface area is 433 Å². The highest BCUT2D eigenvalue weighted by atomic mass is 19.1. The van der Waals surface area contributed by atoms with Crippen LogP contribution in [0.2, 0.25) is 0 Å². The van der Waals surface area contributed by atoms with E-state index in [4.69, 9.17) is 8.22 Å². The van der Waals surface area contributed by atoms with Crippen molar-refractivity contribution in [2.45, 2.75) is 27.7 Å². The number of hydrogen-bond acceptors (Lipinski definition) is 2. The molecule has 0 radical (unpaired) electrons. The van der Waals surface area contributed by atoms with Gasteiger partial charge in [0.2, 0.25) is 0 Å². The average Bonchev–Trinajstić information content (AvgIpc) is 1.55. The van der Waals surface area contributed by atoms with Crippen molar-refractivity contribution >= 4 is 66.4 Å². The van der Waals surface area contributed by atoms with Gasteiger partial charge in [-0.1, -0.05) is 204 Å². The first-order valence-corrected chi connectivity index (χ1v) is 23.7. The van der Waals surface area contributed by atoms with Crippen LogP contribution in [0.5, 0.6) is 0 Å². The molecule has 0 amide bonds. The van der Waals surface area contributed by atoms with E-state index in [0.29, 0.717) is 65.7 Å². The second-order valence-corrected chi connectivity index (χ2v) is 18.3. The van der Waals surface area contributed by atoms with Crippen molar-refractivity contribution in [3.05, 3.63) is 264 Å². The molecule has 0 heterocycles. The van der Waals surface area contributed by atoms with Crippen LogP contribution in [0, 0.1) is 39.3 Å². The van der Waals surface area contributed by atoms with Gasteiger partial charge in [-0.15, -0.1) is 0 Å². The van der Waals surface area contributed by atoms with E-state index < -0.39 is 72.1 Å². The Morgan fingerprint density at radius 1 is 0.361 bits per heavy atom. The minimum Gasteiger partial charge on any atom is -0.307 e. The molecule has 12 rings (SSSR count). The topological polar surface area (TPSA) is 6.48 Å². The number of para-hydroxylation sites is 2. The summed E-state index contributed by atoms with van der Waals surface area (Å²) in [4.78, 5) is 2.89. The number of benzene rings is 12. The molecule has 0 N–H and O–H groups in total. The zero-order chi connectivity index (χ0) is 57.7. The van der Waals surface area contributed by atoms with Crippen LogP contribution in [-0.4, -0.2) is 0 Å². The third-order valence-corrected chi connectivity index (χ3v) is 13.5. The number of halogens is 2. The molecule has 72 heavy (non-hydrogen) atoms. The van der Waals surface area contributed by atoms with Crippen molar-refractivity contribution in [3.8, 4) is 44.5 Å². The van der Waals surface area contributed by atoms with Gasteiger partial charge in [0.15, 0.2) is 0 Å². The lowest BCUT2D eigenvalue weighted by Crippen LogP contribution is -2.15. The third-order valence-electron chi connectivity index (χ3n) is 13.5. The van der Waals surface area contributed by atoms with Crippen molar-refractivity contribution in [1.29, 1.82) is 0 Å². The molecule has 0 bridgehead atoms. The fraction of sp³-hybridized carbons (Fsp3) is 0.0588. The Bertz CT molecular complexity index is 4290. The molecular formula is C68H50F2N2. The van der Waals surface area contributed by atoms with Crippen LogP contribution in [0.4, 0.5) is 42.9 Å². The summed E-state index contributed by atoms with van der Waals surface area (Å²) in [7, 11) is 0. The molecule has 0 unspecified atom stereocenters. The highest BCUT2D eigenvalue weighted by Gasteiger charge is 2.29. The molecule has 0 saturated carbocycles.